The van der Waals surface area contributed by atoms with Gasteiger partial charge in [0.15, 0.2) is 0 Å². The summed E-state index contributed by atoms with van der Waals surface area (Å²) in [5, 5.41) is 8.67. The van der Waals surface area contributed by atoms with Gasteiger partial charge in [-0.2, -0.15) is 5.48 Å². The number of aliphatic hydroxyl groups is 1. The highest BCUT2D eigenvalue weighted by molar-refractivity contribution is 5.22. The quantitative estimate of drug-likeness (QED) is 0.671. The van der Waals surface area contributed by atoms with Gasteiger partial charge in [0.05, 0.1) is 7.11 Å². The summed E-state index contributed by atoms with van der Waals surface area (Å²) in [6.45, 7) is 0.976. The Bertz CT molecular complexity index is 219. The lowest BCUT2D eigenvalue weighted by Gasteiger charge is -2.03. The number of benzene rings is 1. The molecule has 1 aromatic rings. The molecule has 0 aliphatic rings. The minimum Gasteiger partial charge on any atom is -0.396 e. The standard InChI is InChI=1S/C11H17NO2/c1-14-12-9-11-6-4-10(5-7-11)3-2-8-13/h4-7,12-13H,2-3,8-9H2,1H3. The van der Waals surface area contributed by atoms with Crippen LogP contribution in [0.15, 0.2) is 24.3 Å². The Hall–Kier alpha value is -0.900. The molecule has 0 aliphatic carbocycles. The van der Waals surface area contributed by atoms with Gasteiger partial charge in [0.25, 0.3) is 0 Å². The smallest absolute Gasteiger partial charge is 0.0572 e. The maximum absolute atomic E-state index is 8.67. The minimum absolute atomic E-state index is 0.257. The van der Waals surface area contributed by atoms with Crippen LogP contribution in [0.4, 0.5) is 0 Å². The monoisotopic (exact) mass is 195 g/mol. The molecule has 14 heavy (non-hydrogen) atoms. The number of aryl methyl sites for hydroxylation is 1. The highest BCUT2D eigenvalue weighted by Gasteiger charge is 1.94. The first kappa shape index (κ1) is 11.2. The van der Waals surface area contributed by atoms with Crippen molar-refractivity contribution in [2.24, 2.45) is 0 Å². The summed E-state index contributed by atoms with van der Waals surface area (Å²) in [4.78, 5) is 4.76. The molecule has 0 bridgehead atoms. The molecule has 0 aliphatic heterocycles. The Morgan fingerprint density at radius 2 is 1.86 bits per heavy atom. The van der Waals surface area contributed by atoms with Gasteiger partial charge in [-0.25, -0.2) is 0 Å². The minimum atomic E-state index is 0.257. The van der Waals surface area contributed by atoms with Crippen LogP contribution >= 0.6 is 0 Å². The number of rotatable bonds is 6. The van der Waals surface area contributed by atoms with E-state index in [0.29, 0.717) is 0 Å². The third-order valence-corrected chi connectivity index (χ3v) is 2.07. The first-order valence-corrected chi connectivity index (χ1v) is 4.81. The maximum Gasteiger partial charge on any atom is 0.0572 e. The van der Waals surface area contributed by atoms with E-state index in [-0.39, 0.29) is 6.61 Å². The predicted molar refractivity (Wildman–Crippen MR) is 55.7 cm³/mol. The third kappa shape index (κ3) is 3.87. The molecule has 78 valence electrons. The van der Waals surface area contributed by atoms with Crippen molar-refractivity contribution in [1.82, 2.24) is 5.48 Å². The Labute approximate surface area is 84.7 Å². The summed E-state index contributed by atoms with van der Waals surface area (Å²) >= 11 is 0. The van der Waals surface area contributed by atoms with Gasteiger partial charge in [0.1, 0.15) is 0 Å². The second-order valence-corrected chi connectivity index (χ2v) is 3.17. The van der Waals surface area contributed by atoms with Gasteiger partial charge in [-0.05, 0) is 24.0 Å². The lowest BCUT2D eigenvalue weighted by atomic mass is 10.1. The van der Waals surface area contributed by atoms with Crippen molar-refractivity contribution in [1.29, 1.82) is 0 Å². The fourth-order valence-electron chi connectivity index (χ4n) is 1.26. The molecule has 0 saturated heterocycles. The molecule has 1 aromatic carbocycles. The van der Waals surface area contributed by atoms with E-state index in [4.69, 9.17) is 9.94 Å². The number of hydrogen-bond acceptors (Lipinski definition) is 3. The second kappa shape index (κ2) is 6.54. The Kier molecular flexibility index (Phi) is 5.22. The highest BCUT2D eigenvalue weighted by Crippen LogP contribution is 2.06. The van der Waals surface area contributed by atoms with Crippen molar-refractivity contribution >= 4 is 0 Å². The van der Waals surface area contributed by atoms with Crippen molar-refractivity contribution < 1.29 is 9.94 Å². The Balaban J connectivity index is 2.42. The Morgan fingerprint density at radius 3 is 2.43 bits per heavy atom. The number of hydrogen-bond donors (Lipinski definition) is 2. The molecule has 0 radical (unpaired) electrons. The molecule has 0 fully saturated rings. The lowest BCUT2D eigenvalue weighted by Crippen LogP contribution is -2.10. The van der Waals surface area contributed by atoms with E-state index in [0.717, 1.165) is 19.4 Å². The zero-order valence-corrected chi connectivity index (χ0v) is 8.49. The molecule has 0 heterocycles. The van der Waals surface area contributed by atoms with Crippen molar-refractivity contribution in [3.05, 3.63) is 35.4 Å². The molecule has 2 N–H and O–H groups in total. The van der Waals surface area contributed by atoms with Gasteiger partial charge in [0.2, 0.25) is 0 Å². The van der Waals surface area contributed by atoms with E-state index in [2.05, 4.69) is 29.7 Å². The lowest BCUT2D eigenvalue weighted by molar-refractivity contribution is 0.0867. The van der Waals surface area contributed by atoms with Crippen LogP contribution in [0.2, 0.25) is 0 Å². The maximum atomic E-state index is 8.67. The zero-order chi connectivity index (χ0) is 10.2. The van der Waals surface area contributed by atoms with Crippen LogP contribution in [0.3, 0.4) is 0 Å². The molecule has 0 saturated carbocycles. The molecule has 0 amide bonds. The summed E-state index contributed by atoms with van der Waals surface area (Å²) in [6, 6.07) is 8.31. The van der Waals surface area contributed by atoms with E-state index >= 15 is 0 Å². The van der Waals surface area contributed by atoms with Crippen molar-refractivity contribution in [2.75, 3.05) is 13.7 Å². The summed E-state index contributed by atoms with van der Waals surface area (Å²) in [7, 11) is 1.61. The summed E-state index contributed by atoms with van der Waals surface area (Å²) in [5.74, 6) is 0. The second-order valence-electron chi connectivity index (χ2n) is 3.17. The molecular formula is C11H17NO2. The van der Waals surface area contributed by atoms with Crippen LogP contribution in [-0.4, -0.2) is 18.8 Å². The average molecular weight is 195 g/mol. The number of hydroxylamine groups is 1. The van der Waals surface area contributed by atoms with E-state index in [1.807, 2.05) is 0 Å². The van der Waals surface area contributed by atoms with Gasteiger partial charge in [-0.15, -0.1) is 0 Å². The van der Waals surface area contributed by atoms with E-state index in [1.54, 1.807) is 7.11 Å². The van der Waals surface area contributed by atoms with Crippen LogP contribution in [0.1, 0.15) is 17.5 Å². The highest BCUT2D eigenvalue weighted by atomic mass is 16.6. The third-order valence-electron chi connectivity index (χ3n) is 2.07. The average Bonchev–Trinajstić information content (AvgIpc) is 2.25. The van der Waals surface area contributed by atoms with Crippen LogP contribution in [0.5, 0.6) is 0 Å². The molecular weight excluding hydrogens is 178 g/mol. The summed E-state index contributed by atoms with van der Waals surface area (Å²) in [5.41, 5.74) is 5.25. The first-order chi connectivity index (χ1) is 6.86. The van der Waals surface area contributed by atoms with Crippen molar-refractivity contribution in [2.45, 2.75) is 19.4 Å². The van der Waals surface area contributed by atoms with Crippen LogP contribution in [0.25, 0.3) is 0 Å². The largest absolute Gasteiger partial charge is 0.396 e. The van der Waals surface area contributed by atoms with Crippen molar-refractivity contribution in [3.63, 3.8) is 0 Å². The van der Waals surface area contributed by atoms with Crippen LogP contribution in [0, 0.1) is 0 Å². The SMILES string of the molecule is CONCc1ccc(CCCO)cc1. The van der Waals surface area contributed by atoms with Crippen LogP contribution in [-0.2, 0) is 17.8 Å². The van der Waals surface area contributed by atoms with Gasteiger partial charge >= 0.3 is 0 Å². The van der Waals surface area contributed by atoms with Gasteiger partial charge in [-0.1, -0.05) is 24.3 Å². The van der Waals surface area contributed by atoms with E-state index in [1.165, 1.54) is 11.1 Å². The molecule has 3 heteroatoms. The molecule has 0 spiro atoms. The van der Waals surface area contributed by atoms with Gasteiger partial charge < -0.3 is 9.94 Å². The normalized spacial score (nSPS) is 10.4. The van der Waals surface area contributed by atoms with Gasteiger partial charge in [-0.3, -0.25) is 0 Å². The van der Waals surface area contributed by atoms with Crippen LogP contribution < -0.4 is 5.48 Å². The molecule has 0 unspecified atom stereocenters. The fraction of sp³-hybridized carbons (Fsp3) is 0.455. The molecule has 3 nitrogen and oxygen atoms in total. The fourth-order valence-corrected chi connectivity index (χ4v) is 1.26. The first-order valence-electron chi connectivity index (χ1n) is 4.81. The summed E-state index contributed by atoms with van der Waals surface area (Å²) in [6.07, 6.45) is 1.77. The van der Waals surface area contributed by atoms with Gasteiger partial charge in [0, 0.05) is 13.2 Å². The number of nitrogens with one attached hydrogen (secondary N) is 1. The van der Waals surface area contributed by atoms with E-state index in [9.17, 15) is 0 Å². The Morgan fingerprint density at radius 1 is 1.21 bits per heavy atom. The van der Waals surface area contributed by atoms with E-state index < -0.39 is 0 Å². The molecule has 0 aromatic heterocycles. The number of aliphatic hydroxyl groups excluding tert-OH is 1. The molecule has 0 atom stereocenters. The summed E-state index contributed by atoms with van der Waals surface area (Å²) < 4.78 is 0. The predicted octanol–water partition coefficient (Wildman–Crippen LogP) is 1.26. The zero-order valence-electron chi connectivity index (χ0n) is 8.49. The van der Waals surface area contributed by atoms with Crippen molar-refractivity contribution in [3.8, 4) is 0 Å². The molecule has 1 rings (SSSR count). The topological polar surface area (TPSA) is 41.5 Å².